The molecule has 4 rings (SSSR count). The number of anilines is 1. The Labute approximate surface area is 130 Å². The van der Waals surface area contributed by atoms with E-state index < -0.39 is 0 Å². The topological polar surface area (TPSA) is 46.9 Å². The molecular formula is C18H21N3O. The maximum Gasteiger partial charge on any atom is 0.165 e. The van der Waals surface area contributed by atoms with Gasteiger partial charge in [0.05, 0.1) is 11.6 Å². The van der Waals surface area contributed by atoms with Gasteiger partial charge in [-0.15, -0.1) is 0 Å². The lowest BCUT2D eigenvalue weighted by Gasteiger charge is -2.10. The summed E-state index contributed by atoms with van der Waals surface area (Å²) in [4.78, 5) is 11.8. The van der Waals surface area contributed by atoms with Crippen LogP contribution in [0, 0.1) is 0 Å². The Kier molecular flexibility index (Phi) is 3.25. The molecule has 0 spiro atoms. The average molecular weight is 295 g/mol. The van der Waals surface area contributed by atoms with Crippen molar-refractivity contribution in [2.45, 2.75) is 51.1 Å². The van der Waals surface area contributed by atoms with Crippen molar-refractivity contribution < 1.29 is 4.79 Å². The first-order chi connectivity index (χ1) is 10.7. The van der Waals surface area contributed by atoms with E-state index in [-0.39, 0.29) is 5.78 Å². The molecule has 0 atom stereocenters. The molecule has 2 aromatic rings. The van der Waals surface area contributed by atoms with Crippen LogP contribution >= 0.6 is 0 Å². The van der Waals surface area contributed by atoms with E-state index in [1.54, 1.807) is 6.92 Å². The second kappa shape index (κ2) is 5.27. The zero-order chi connectivity index (χ0) is 15.1. The van der Waals surface area contributed by atoms with Gasteiger partial charge in [-0.2, -0.15) is 5.10 Å². The van der Waals surface area contributed by atoms with Crippen molar-refractivity contribution in [1.82, 2.24) is 9.78 Å². The van der Waals surface area contributed by atoms with E-state index in [0.29, 0.717) is 11.6 Å². The number of ketones is 1. The van der Waals surface area contributed by atoms with Gasteiger partial charge in [-0.05, 0) is 49.7 Å². The number of Topliss-reactive ketones (excluding diaryl/α,β-unsaturated/α-hetero) is 1. The van der Waals surface area contributed by atoms with E-state index in [1.807, 2.05) is 10.9 Å². The van der Waals surface area contributed by atoms with Crippen LogP contribution in [0.3, 0.4) is 0 Å². The molecule has 2 fully saturated rings. The Morgan fingerprint density at radius 1 is 1.27 bits per heavy atom. The van der Waals surface area contributed by atoms with Gasteiger partial charge in [0.2, 0.25) is 0 Å². The zero-order valence-corrected chi connectivity index (χ0v) is 12.9. The number of nitrogens with one attached hydrogen (secondary N) is 1. The Hall–Kier alpha value is -2.10. The fourth-order valence-corrected chi connectivity index (χ4v) is 2.97. The maximum absolute atomic E-state index is 11.8. The molecule has 1 heterocycles. The lowest BCUT2D eigenvalue weighted by Crippen LogP contribution is -2.06. The minimum Gasteiger partial charge on any atom is -0.364 e. The Balaban J connectivity index is 1.55. The van der Waals surface area contributed by atoms with Crippen molar-refractivity contribution in [3.8, 4) is 0 Å². The molecule has 0 amide bonds. The van der Waals surface area contributed by atoms with Gasteiger partial charge in [0, 0.05) is 12.7 Å². The molecule has 0 bridgehead atoms. The summed E-state index contributed by atoms with van der Waals surface area (Å²) in [5.74, 6) is 1.53. The molecule has 2 aliphatic rings. The van der Waals surface area contributed by atoms with Crippen molar-refractivity contribution in [2.24, 2.45) is 0 Å². The van der Waals surface area contributed by atoms with Crippen molar-refractivity contribution in [2.75, 3.05) is 5.32 Å². The standard InChI is InChI=1S/C18H21N3O/c1-12(22)17-11-21(15-8-9-15)20-18(17)19-10-14-4-2-3-5-16(14)13-6-7-13/h2-5,11,13,15H,6-10H2,1H3,(H,19,20). The van der Waals surface area contributed by atoms with Crippen LogP contribution in [0.1, 0.15) is 66.1 Å². The number of carbonyl (C=O) groups is 1. The van der Waals surface area contributed by atoms with E-state index in [1.165, 1.54) is 36.8 Å². The summed E-state index contributed by atoms with van der Waals surface area (Å²) in [6, 6.07) is 9.08. The monoisotopic (exact) mass is 295 g/mol. The number of nitrogens with zero attached hydrogens (tertiary/aromatic N) is 2. The van der Waals surface area contributed by atoms with Crippen molar-refractivity contribution in [3.63, 3.8) is 0 Å². The van der Waals surface area contributed by atoms with E-state index >= 15 is 0 Å². The third kappa shape index (κ3) is 2.65. The summed E-state index contributed by atoms with van der Waals surface area (Å²) in [5.41, 5.74) is 3.47. The Morgan fingerprint density at radius 2 is 2.05 bits per heavy atom. The highest BCUT2D eigenvalue weighted by atomic mass is 16.1. The quantitative estimate of drug-likeness (QED) is 0.822. The summed E-state index contributed by atoms with van der Waals surface area (Å²) >= 11 is 0. The largest absolute Gasteiger partial charge is 0.364 e. The van der Waals surface area contributed by atoms with Gasteiger partial charge in [0.25, 0.3) is 0 Å². The Bertz CT molecular complexity index is 711. The van der Waals surface area contributed by atoms with Crippen LogP contribution < -0.4 is 5.32 Å². The lowest BCUT2D eigenvalue weighted by molar-refractivity contribution is 0.101. The fourth-order valence-electron chi connectivity index (χ4n) is 2.97. The van der Waals surface area contributed by atoms with Gasteiger partial charge in [-0.1, -0.05) is 24.3 Å². The molecule has 2 saturated carbocycles. The third-order valence-electron chi connectivity index (χ3n) is 4.55. The molecule has 2 aliphatic carbocycles. The van der Waals surface area contributed by atoms with Crippen molar-refractivity contribution in [3.05, 3.63) is 47.2 Å². The minimum atomic E-state index is 0.0740. The number of hydrogen-bond donors (Lipinski definition) is 1. The summed E-state index contributed by atoms with van der Waals surface area (Å²) < 4.78 is 1.95. The SMILES string of the molecule is CC(=O)c1cn(C2CC2)nc1NCc1ccccc1C1CC1. The lowest BCUT2D eigenvalue weighted by atomic mass is 10.0. The molecular weight excluding hydrogens is 274 g/mol. The summed E-state index contributed by atoms with van der Waals surface area (Å²) in [6.07, 6.45) is 6.83. The van der Waals surface area contributed by atoms with Crippen LogP contribution in [0.2, 0.25) is 0 Å². The second-order valence-corrected chi connectivity index (χ2v) is 6.49. The molecule has 4 nitrogen and oxygen atoms in total. The second-order valence-electron chi connectivity index (χ2n) is 6.49. The minimum absolute atomic E-state index is 0.0740. The molecule has 0 unspecified atom stereocenters. The van der Waals surface area contributed by atoms with E-state index in [2.05, 4.69) is 34.7 Å². The molecule has 0 aliphatic heterocycles. The van der Waals surface area contributed by atoms with E-state index in [0.717, 1.165) is 18.3 Å². The van der Waals surface area contributed by atoms with Gasteiger partial charge >= 0.3 is 0 Å². The van der Waals surface area contributed by atoms with Crippen LogP contribution in [0.25, 0.3) is 0 Å². The van der Waals surface area contributed by atoms with Crippen molar-refractivity contribution in [1.29, 1.82) is 0 Å². The zero-order valence-electron chi connectivity index (χ0n) is 12.9. The highest BCUT2D eigenvalue weighted by molar-refractivity contribution is 5.98. The number of aromatic nitrogens is 2. The van der Waals surface area contributed by atoms with E-state index in [4.69, 9.17) is 0 Å². The highest BCUT2D eigenvalue weighted by Crippen LogP contribution is 2.41. The first-order valence-corrected chi connectivity index (χ1v) is 8.14. The van der Waals surface area contributed by atoms with Gasteiger partial charge in [0.1, 0.15) is 0 Å². The number of hydrogen-bond acceptors (Lipinski definition) is 3. The van der Waals surface area contributed by atoms with Crippen LogP contribution in [-0.4, -0.2) is 15.6 Å². The molecule has 1 aromatic carbocycles. The van der Waals surface area contributed by atoms with Crippen LogP contribution in [-0.2, 0) is 6.54 Å². The normalized spacial score (nSPS) is 17.5. The predicted molar refractivity (Wildman–Crippen MR) is 86.2 cm³/mol. The van der Waals surface area contributed by atoms with Crippen LogP contribution in [0.4, 0.5) is 5.82 Å². The van der Waals surface area contributed by atoms with Crippen LogP contribution in [0.5, 0.6) is 0 Å². The molecule has 22 heavy (non-hydrogen) atoms. The first kappa shape index (κ1) is 13.6. The average Bonchev–Trinajstić information content (AvgIpc) is 3.42. The summed E-state index contributed by atoms with van der Waals surface area (Å²) in [7, 11) is 0. The number of rotatable bonds is 6. The third-order valence-corrected chi connectivity index (χ3v) is 4.55. The van der Waals surface area contributed by atoms with Gasteiger partial charge in [-0.3, -0.25) is 9.48 Å². The smallest absolute Gasteiger partial charge is 0.165 e. The highest BCUT2D eigenvalue weighted by Gasteiger charge is 2.27. The molecule has 0 radical (unpaired) electrons. The van der Waals surface area contributed by atoms with Gasteiger partial charge in [0.15, 0.2) is 11.6 Å². The molecule has 114 valence electrons. The first-order valence-electron chi connectivity index (χ1n) is 8.14. The Morgan fingerprint density at radius 3 is 2.73 bits per heavy atom. The molecule has 1 N–H and O–H groups in total. The van der Waals surface area contributed by atoms with Crippen LogP contribution in [0.15, 0.2) is 30.5 Å². The van der Waals surface area contributed by atoms with Crippen molar-refractivity contribution >= 4 is 11.6 Å². The molecule has 4 heteroatoms. The van der Waals surface area contributed by atoms with E-state index in [9.17, 15) is 4.79 Å². The number of carbonyl (C=O) groups excluding carboxylic acids is 1. The van der Waals surface area contributed by atoms with Gasteiger partial charge in [-0.25, -0.2) is 0 Å². The fraction of sp³-hybridized carbons (Fsp3) is 0.444. The summed E-state index contributed by atoms with van der Waals surface area (Å²) in [6.45, 7) is 2.34. The maximum atomic E-state index is 11.8. The molecule has 0 saturated heterocycles. The molecule has 1 aromatic heterocycles. The summed E-state index contributed by atoms with van der Waals surface area (Å²) in [5, 5.41) is 7.97. The predicted octanol–water partition coefficient (Wildman–Crippen LogP) is 3.91. The number of benzene rings is 1. The van der Waals surface area contributed by atoms with Gasteiger partial charge < -0.3 is 5.32 Å².